The molecule has 13 heavy (non-hydrogen) atoms. The van der Waals surface area contributed by atoms with Crippen molar-refractivity contribution < 1.29 is 4.79 Å². The monoisotopic (exact) mass is 179 g/mol. The van der Waals surface area contributed by atoms with E-state index in [1.807, 2.05) is 11.6 Å². The van der Waals surface area contributed by atoms with Gasteiger partial charge in [-0.05, 0) is 19.8 Å². The van der Waals surface area contributed by atoms with Gasteiger partial charge in [-0.1, -0.05) is 11.6 Å². The molecule has 2 rings (SSSR count). The van der Waals surface area contributed by atoms with Crippen molar-refractivity contribution in [2.75, 3.05) is 0 Å². The Hall–Kier alpha value is -1.19. The van der Waals surface area contributed by atoms with Gasteiger partial charge in [-0.2, -0.15) is 0 Å². The smallest absolute Gasteiger partial charge is 0.172 e. The Balaban J connectivity index is 2.36. The fourth-order valence-corrected chi connectivity index (χ4v) is 1.75. The average Bonchev–Trinajstić information content (AvgIpc) is 2.45. The summed E-state index contributed by atoms with van der Waals surface area (Å²) in [5, 5.41) is 7.80. The molecule has 0 amide bonds. The Morgan fingerprint density at radius 1 is 1.62 bits per heavy atom. The Bertz CT molecular complexity index is 315. The van der Waals surface area contributed by atoms with E-state index in [2.05, 4.69) is 10.3 Å². The van der Waals surface area contributed by atoms with Crippen molar-refractivity contribution >= 4 is 6.29 Å². The molecule has 1 aromatic heterocycles. The maximum Gasteiger partial charge on any atom is 0.172 e. The van der Waals surface area contributed by atoms with Crippen LogP contribution in [-0.2, 0) is 6.54 Å². The normalized spacial score (nSPS) is 17.0. The largest absolute Gasteiger partial charge is 0.296 e. The van der Waals surface area contributed by atoms with Gasteiger partial charge in [-0.15, -0.1) is 5.10 Å². The first kappa shape index (κ1) is 8.41. The van der Waals surface area contributed by atoms with Crippen LogP contribution in [0.5, 0.6) is 0 Å². The van der Waals surface area contributed by atoms with Gasteiger partial charge in [0.15, 0.2) is 6.29 Å². The molecule has 1 fully saturated rings. The van der Waals surface area contributed by atoms with Crippen molar-refractivity contribution in [2.24, 2.45) is 0 Å². The molecule has 0 atom stereocenters. The first-order chi connectivity index (χ1) is 6.36. The molecule has 0 spiro atoms. The Labute approximate surface area is 76.9 Å². The lowest BCUT2D eigenvalue weighted by atomic mass is 9.82. The number of hydrogen-bond donors (Lipinski definition) is 0. The number of aryl methyl sites for hydroxylation is 1. The van der Waals surface area contributed by atoms with Crippen LogP contribution < -0.4 is 0 Å². The highest BCUT2D eigenvalue weighted by Crippen LogP contribution is 2.36. The van der Waals surface area contributed by atoms with Gasteiger partial charge in [0.2, 0.25) is 0 Å². The number of rotatable bonds is 3. The van der Waals surface area contributed by atoms with Crippen molar-refractivity contribution in [2.45, 2.75) is 38.6 Å². The molecule has 1 aliphatic carbocycles. The SMILES string of the molecule is CCn1nnc(C=O)c1C1CCC1. The first-order valence-electron chi connectivity index (χ1n) is 4.75. The Morgan fingerprint density at radius 2 is 2.38 bits per heavy atom. The molecular weight excluding hydrogens is 166 g/mol. The minimum absolute atomic E-state index is 0.523. The summed E-state index contributed by atoms with van der Waals surface area (Å²) in [6.07, 6.45) is 4.42. The molecule has 0 aromatic carbocycles. The Morgan fingerprint density at radius 3 is 2.85 bits per heavy atom. The zero-order valence-electron chi connectivity index (χ0n) is 7.73. The number of hydrogen-bond acceptors (Lipinski definition) is 3. The van der Waals surface area contributed by atoms with Gasteiger partial charge in [0.25, 0.3) is 0 Å². The number of aldehydes is 1. The summed E-state index contributed by atoms with van der Waals surface area (Å²) in [4.78, 5) is 10.7. The number of nitrogens with zero attached hydrogens (tertiary/aromatic N) is 3. The third-order valence-corrected chi connectivity index (χ3v) is 2.70. The highest BCUT2D eigenvalue weighted by atomic mass is 16.1. The van der Waals surface area contributed by atoms with E-state index in [0.29, 0.717) is 11.6 Å². The predicted molar refractivity (Wildman–Crippen MR) is 47.7 cm³/mol. The summed E-state index contributed by atoms with van der Waals surface area (Å²) in [7, 11) is 0. The predicted octanol–water partition coefficient (Wildman–Crippen LogP) is 1.38. The van der Waals surface area contributed by atoms with Crippen LogP contribution in [0, 0.1) is 0 Å². The van der Waals surface area contributed by atoms with Crippen LogP contribution in [0.15, 0.2) is 0 Å². The molecule has 0 aliphatic heterocycles. The molecule has 1 saturated carbocycles. The molecule has 1 aliphatic rings. The summed E-state index contributed by atoms with van der Waals surface area (Å²) in [5.74, 6) is 0.523. The van der Waals surface area contributed by atoms with Crippen LogP contribution in [0.1, 0.15) is 48.3 Å². The van der Waals surface area contributed by atoms with Crippen molar-refractivity contribution in [3.8, 4) is 0 Å². The van der Waals surface area contributed by atoms with E-state index in [9.17, 15) is 4.79 Å². The molecule has 4 nitrogen and oxygen atoms in total. The highest BCUT2D eigenvalue weighted by molar-refractivity contribution is 5.73. The molecule has 0 bridgehead atoms. The van der Waals surface area contributed by atoms with Gasteiger partial charge in [0, 0.05) is 12.5 Å². The molecule has 0 unspecified atom stereocenters. The van der Waals surface area contributed by atoms with E-state index in [4.69, 9.17) is 0 Å². The Kier molecular flexibility index (Phi) is 2.12. The number of carbonyl (C=O) groups is 1. The average molecular weight is 179 g/mol. The second kappa shape index (κ2) is 3.28. The van der Waals surface area contributed by atoms with Crippen molar-refractivity contribution in [3.63, 3.8) is 0 Å². The summed E-state index contributed by atoms with van der Waals surface area (Å²) in [6, 6.07) is 0. The minimum atomic E-state index is 0.523. The van der Waals surface area contributed by atoms with E-state index in [-0.39, 0.29) is 0 Å². The van der Waals surface area contributed by atoms with E-state index in [1.54, 1.807) is 0 Å². The molecule has 0 N–H and O–H groups in total. The van der Waals surface area contributed by atoms with E-state index >= 15 is 0 Å². The van der Waals surface area contributed by atoms with Crippen LogP contribution in [0.3, 0.4) is 0 Å². The second-order valence-electron chi connectivity index (χ2n) is 3.42. The molecule has 4 heteroatoms. The van der Waals surface area contributed by atoms with Gasteiger partial charge in [-0.3, -0.25) is 4.79 Å². The number of aromatic nitrogens is 3. The van der Waals surface area contributed by atoms with Gasteiger partial charge in [0.1, 0.15) is 5.69 Å². The van der Waals surface area contributed by atoms with Gasteiger partial charge in [-0.25, -0.2) is 4.68 Å². The van der Waals surface area contributed by atoms with Crippen LogP contribution >= 0.6 is 0 Å². The third-order valence-electron chi connectivity index (χ3n) is 2.70. The minimum Gasteiger partial charge on any atom is -0.296 e. The highest BCUT2D eigenvalue weighted by Gasteiger charge is 2.26. The molecule has 0 saturated heterocycles. The van der Waals surface area contributed by atoms with Gasteiger partial charge >= 0.3 is 0 Å². The van der Waals surface area contributed by atoms with Crippen LogP contribution in [-0.4, -0.2) is 21.3 Å². The molecule has 0 radical (unpaired) electrons. The van der Waals surface area contributed by atoms with Crippen molar-refractivity contribution in [1.29, 1.82) is 0 Å². The van der Waals surface area contributed by atoms with Gasteiger partial charge in [0.05, 0.1) is 5.69 Å². The quantitative estimate of drug-likeness (QED) is 0.658. The zero-order chi connectivity index (χ0) is 9.26. The molecule has 70 valence electrons. The fraction of sp³-hybridized carbons (Fsp3) is 0.667. The lowest BCUT2D eigenvalue weighted by Gasteiger charge is -2.25. The lowest BCUT2D eigenvalue weighted by Crippen LogP contribution is -2.16. The van der Waals surface area contributed by atoms with E-state index in [0.717, 1.165) is 18.5 Å². The summed E-state index contributed by atoms with van der Waals surface area (Å²) in [6.45, 7) is 2.82. The van der Waals surface area contributed by atoms with E-state index in [1.165, 1.54) is 19.3 Å². The lowest BCUT2D eigenvalue weighted by molar-refractivity contribution is 0.111. The van der Waals surface area contributed by atoms with Crippen LogP contribution in [0.25, 0.3) is 0 Å². The summed E-state index contributed by atoms with van der Waals surface area (Å²) < 4.78 is 1.84. The van der Waals surface area contributed by atoms with Crippen molar-refractivity contribution in [1.82, 2.24) is 15.0 Å². The van der Waals surface area contributed by atoms with Crippen LogP contribution in [0.2, 0.25) is 0 Å². The van der Waals surface area contributed by atoms with Crippen LogP contribution in [0.4, 0.5) is 0 Å². The summed E-state index contributed by atoms with van der Waals surface area (Å²) in [5.41, 5.74) is 1.58. The first-order valence-corrected chi connectivity index (χ1v) is 4.75. The molecular formula is C9H13N3O. The molecule has 1 heterocycles. The molecule has 1 aromatic rings. The number of carbonyl (C=O) groups excluding carboxylic acids is 1. The fourth-order valence-electron chi connectivity index (χ4n) is 1.75. The van der Waals surface area contributed by atoms with Gasteiger partial charge < -0.3 is 0 Å². The second-order valence-corrected chi connectivity index (χ2v) is 3.42. The standard InChI is InChI=1S/C9H13N3O/c1-2-12-9(7-4-3-5-7)8(6-13)10-11-12/h6-7H,2-5H2,1H3. The maximum atomic E-state index is 10.7. The summed E-state index contributed by atoms with van der Waals surface area (Å²) >= 11 is 0. The van der Waals surface area contributed by atoms with E-state index < -0.39 is 0 Å². The topological polar surface area (TPSA) is 47.8 Å². The van der Waals surface area contributed by atoms with Crippen molar-refractivity contribution in [3.05, 3.63) is 11.4 Å². The maximum absolute atomic E-state index is 10.7. The third kappa shape index (κ3) is 1.26. The zero-order valence-corrected chi connectivity index (χ0v) is 7.73.